The molecule has 112 valence electrons. The van der Waals surface area contributed by atoms with Crippen LogP contribution in [0.5, 0.6) is 0 Å². The Kier molecular flexibility index (Phi) is 5.05. The van der Waals surface area contributed by atoms with Crippen LogP contribution in [0, 0.1) is 5.82 Å². The summed E-state index contributed by atoms with van der Waals surface area (Å²) in [6, 6.07) is 8.72. The first-order chi connectivity index (χ1) is 10.0. The molecule has 21 heavy (non-hydrogen) atoms. The number of amides is 1. The molecule has 0 saturated carbocycles. The quantitative estimate of drug-likeness (QED) is 0.791. The molecular weight excluding hydrogens is 315 g/mol. The number of rotatable bonds is 6. The van der Waals surface area contributed by atoms with E-state index >= 15 is 0 Å². The SMILES string of the molecule is O=C(NCCNS(=O)(=O)c1cccs1)c1ccccc1F. The second-order valence-corrected chi connectivity index (χ2v) is 7.01. The highest BCUT2D eigenvalue weighted by atomic mass is 32.2. The van der Waals surface area contributed by atoms with Gasteiger partial charge in [0.25, 0.3) is 5.91 Å². The number of carbonyl (C=O) groups excluding carboxylic acids is 1. The van der Waals surface area contributed by atoms with Crippen molar-refractivity contribution < 1.29 is 17.6 Å². The Hall–Kier alpha value is -1.77. The highest BCUT2D eigenvalue weighted by molar-refractivity contribution is 7.91. The van der Waals surface area contributed by atoms with Gasteiger partial charge >= 0.3 is 0 Å². The van der Waals surface area contributed by atoms with Crippen LogP contribution in [0.4, 0.5) is 4.39 Å². The minimum absolute atomic E-state index is 0.0282. The molecule has 0 bridgehead atoms. The van der Waals surface area contributed by atoms with Gasteiger partial charge in [-0.25, -0.2) is 17.5 Å². The zero-order chi connectivity index (χ0) is 15.3. The van der Waals surface area contributed by atoms with Crippen molar-refractivity contribution in [2.75, 3.05) is 13.1 Å². The van der Waals surface area contributed by atoms with Crippen molar-refractivity contribution in [2.24, 2.45) is 0 Å². The third-order valence-corrected chi connectivity index (χ3v) is 5.44. The zero-order valence-electron chi connectivity index (χ0n) is 10.9. The molecule has 0 aliphatic carbocycles. The van der Waals surface area contributed by atoms with Crippen LogP contribution in [-0.2, 0) is 10.0 Å². The number of carbonyl (C=O) groups is 1. The molecule has 2 rings (SSSR count). The molecule has 0 radical (unpaired) electrons. The van der Waals surface area contributed by atoms with E-state index in [2.05, 4.69) is 10.0 Å². The third kappa shape index (κ3) is 4.10. The van der Waals surface area contributed by atoms with Gasteiger partial charge in [0.05, 0.1) is 5.56 Å². The molecule has 8 heteroatoms. The molecular formula is C13H13FN2O3S2. The lowest BCUT2D eigenvalue weighted by Gasteiger charge is -2.07. The van der Waals surface area contributed by atoms with Crippen molar-refractivity contribution >= 4 is 27.3 Å². The van der Waals surface area contributed by atoms with Crippen molar-refractivity contribution in [1.82, 2.24) is 10.0 Å². The first-order valence-electron chi connectivity index (χ1n) is 6.06. The summed E-state index contributed by atoms with van der Waals surface area (Å²) in [5.74, 6) is -1.20. The predicted molar refractivity (Wildman–Crippen MR) is 78.2 cm³/mol. The Labute approximate surface area is 125 Å². The van der Waals surface area contributed by atoms with E-state index in [0.717, 1.165) is 11.3 Å². The fourth-order valence-corrected chi connectivity index (χ4v) is 3.66. The summed E-state index contributed by atoms with van der Waals surface area (Å²) in [5.41, 5.74) is -0.0707. The number of sulfonamides is 1. The first kappa shape index (κ1) is 15.6. The average molecular weight is 328 g/mol. The Morgan fingerprint density at radius 3 is 2.57 bits per heavy atom. The van der Waals surface area contributed by atoms with Crippen molar-refractivity contribution in [3.63, 3.8) is 0 Å². The standard InChI is InChI=1S/C13H13FN2O3S2/c14-11-5-2-1-4-10(11)13(17)15-7-8-16-21(18,19)12-6-3-9-20-12/h1-6,9,16H,7-8H2,(H,15,17). The summed E-state index contributed by atoms with van der Waals surface area (Å²) >= 11 is 1.11. The second kappa shape index (κ2) is 6.79. The second-order valence-electron chi connectivity index (χ2n) is 4.07. The maximum Gasteiger partial charge on any atom is 0.254 e. The molecule has 0 aliphatic heterocycles. The summed E-state index contributed by atoms with van der Waals surface area (Å²) in [5, 5.41) is 4.12. The summed E-state index contributed by atoms with van der Waals surface area (Å²) in [6.45, 7) is 0.0954. The lowest BCUT2D eigenvalue weighted by Crippen LogP contribution is -2.34. The van der Waals surface area contributed by atoms with Crippen LogP contribution in [0.2, 0.25) is 0 Å². The first-order valence-corrected chi connectivity index (χ1v) is 8.43. The van der Waals surface area contributed by atoms with Gasteiger partial charge in [0.1, 0.15) is 10.0 Å². The topological polar surface area (TPSA) is 75.3 Å². The Bertz CT molecular complexity index is 715. The van der Waals surface area contributed by atoms with Crippen LogP contribution in [0.1, 0.15) is 10.4 Å². The van der Waals surface area contributed by atoms with Gasteiger partial charge in [0, 0.05) is 13.1 Å². The van der Waals surface area contributed by atoms with Gasteiger partial charge in [-0.05, 0) is 23.6 Å². The number of thiophene rings is 1. The average Bonchev–Trinajstić information content (AvgIpc) is 2.99. The highest BCUT2D eigenvalue weighted by Gasteiger charge is 2.14. The van der Waals surface area contributed by atoms with E-state index in [0.29, 0.717) is 0 Å². The van der Waals surface area contributed by atoms with E-state index in [1.54, 1.807) is 17.5 Å². The number of hydrogen-bond donors (Lipinski definition) is 2. The molecule has 0 saturated heterocycles. The molecule has 0 aliphatic rings. The van der Waals surface area contributed by atoms with Crippen LogP contribution >= 0.6 is 11.3 Å². The molecule has 0 atom stereocenters. The maximum atomic E-state index is 13.4. The van der Waals surface area contributed by atoms with E-state index in [1.165, 1.54) is 24.3 Å². The van der Waals surface area contributed by atoms with Crippen LogP contribution in [0.3, 0.4) is 0 Å². The van der Waals surface area contributed by atoms with E-state index in [1.807, 2.05) is 0 Å². The number of hydrogen-bond acceptors (Lipinski definition) is 4. The van der Waals surface area contributed by atoms with E-state index in [9.17, 15) is 17.6 Å². The molecule has 0 spiro atoms. The lowest BCUT2D eigenvalue weighted by atomic mass is 10.2. The third-order valence-electron chi connectivity index (χ3n) is 2.58. The van der Waals surface area contributed by atoms with Crippen molar-refractivity contribution in [1.29, 1.82) is 0 Å². The summed E-state index contributed by atoms with van der Waals surface area (Å²) < 4.78 is 39.5. The van der Waals surface area contributed by atoms with Gasteiger partial charge in [-0.15, -0.1) is 11.3 Å². The van der Waals surface area contributed by atoms with Gasteiger partial charge in [-0.2, -0.15) is 0 Å². The fraction of sp³-hybridized carbons (Fsp3) is 0.154. The largest absolute Gasteiger partial charge is 0.351 e. The monoisotopic (exact) mass is 328 g/mol. The molecule has 0 unspecified atom stereocenters. The van der Waals surface area contributed by atoms with Gasteiger partial charge in [-0.1, -0.05) is 18.2 Å². The highest BCUT2D eigenvalue weighted by Crippen LogP contribution is 2.14. The Balaban J connectivity index is 1.83. The van der Waals surface area contributed by atoms with Gasteiger partial charge in [-0.3, -0.25) is 4.79 Å². The van der Waals surface area contributed by atoms with Crippen molar-refractivity contribution in [2.45, 2.75) is 4.21 Å². The van der Waals surface area contributed by atoms with Crippen LogP contribution in [0.25, 0.3) is 0 Å². The minimum Gasteiger partial charge on any atom is -0.351 e. The van der Waals surface area contributed by atoms with E-state index in [-0.39, 0.29) is 22.9 Å². The zero-order valence-corrected chi connectivity index (χ0v) is 12.5. The summed E-state index contributed by atoms with van der Waals surface area (Å²) in [6.07, 6.45) is 0. The normalized spacial score (nSPS) is 11.3. The maximum absolute atomic E-state index is 13.4. The van der Waals surface area contributed by atoms with Gasteiger partial charge < -0.3 is 5.32 Å². The van der Waals surface area contributed by atoms with E-state index in [4.69, 9.17) is 0 Å². The van der Waals surface area contributed by atoms with Crippen molar-refractivity contribution in [3.05, 3.63) is 53.2 Å². The molecule has 1 heterocycles. The molecule has 2 N–H and O–H groups in total. The van der Waals surface area contributed by atoms with Crippen LogP contribution in [-0.4, -0.2) is 27.4 Å². The molecule has 1 aromatic carbocycles. The molecule has 2 aromatic rings. The fourth-order valence-electron chi connectivity index (χ4n) is 1.59. The van der Waals surface area contributed by atoms with E-state index < -0.39 is 21.7 Å². The molecule has 0 fully saturated rings. The predicted octanol–water partition coefficient (Wildman–Crippen LogP) is 1.60. The number of halogens is 1. The van der Waals surface area contributed by atoms with Crippen LogP contribution in [0.15, 0.2) is 46.0 Å². The minimum atomic E-state index is -3.54. The Morgan fingerprint density at radius 1 is 1.14 bits per heavy atom. The smallest absolute Gasteiger partial charge is 0.254 e. The van der Waals surface area contributed by atoms with Gasteiger partial charge in [0.2, 0.25) is 10.0 Å². The summed E-state index contributed by atoms with van der Waals surface area (Å²) in [7, 11) is -3.54. The lowest BCUT2D eigenvalue weighted by molar-refractivity contribution is 0.0950. The molecule has 5 nitrogen and oxygen atoms in total. The van der Waals surface area contributed by atoms with Crippen LogP contribution < -0.4 is 10.0 Å². The Morgan fingerprint density at radius 2 is 1.90 bits per heavy atom. The number of nitrogens with one attached hydrogen (secondary N) is 2. The van der Waals surface area contributed by atoms with Crippen molar-refractivity contribution in [3.8, 4) is 0 Å². The summed E-state index contributed by atoms with van der Waals surface area (Å²) in [4.78, 5) is 11.7. The number of benzene rings is 1. The molecule has 1 amide bonds. The van der Waals surface area contributed by atoms with Gasteiger partial charge in [0.15, 0.2) is 0 Å². The molecule has 1 aromatic heterocycles.